The summed E-state index contributed by atoms with van der Waals surface area (Å²) in [5, 5.41) is 7.69. The highest BCUT2D eigenvalue weighted by atomic mass is 16.5. The van der Waals surface area contributed by atoms with Crippen molar-refractivity contribution in [1.82, 2.24) is 15.4 Å². The lowest BCUT2D eigenvalue weighted by atomic mass is 10.0. The van der Waals surface area contributed by atoms with E-state index in [-0.39, 0.29) is 0 Å². The molecule has 17 heavy (non-hydrogen) atoms. The minimum Gasteiger partial charge on any atom is -0.361 e. The number of nitrogens with one attached hydrogen (secondary N) is 1. The smallest absolute Gasteiger partial charge is 0.133 e. The third-order valence-electron chi connectivity index (χ3n) is 3.38. The molecule has 1 aliphatic rings. The van der Waals surface area contributed by atoms with Crippen LogP contribution in [0.5, 0.6) is 0 Å². The molecule has 2 rings (SSSR count). The minimum absolute atomic E-state index is 0.588. The van der Waals surface area contributed by atoms with Crippen LogP contribution in [0.4, 0.5) is 0 Å². The van der Waals surface area contributed by atoms with E-state index in [0.29, 0.717) is 12.0 Å². The Morgan fingerprint density at radius 1 is 1.59 bits per heavy atom. The number of rotatable bonds is 3. The summed E-state index contributed by atoms with van der Waals surface area (Å²) in [6, 6.07) is 2.62. The van der Waals surface area contributed by atoms with Crippen LogP contribution < -0.4 is 5.32 Å². The molecule has 1 unspecified atom stereocenters. The molecule has 0 spiro atoms. The van der Waals surface area contributed by atoms with Crippen LogP contribution in [-0.4, -0.2) is 35.7 Å². The lowest BCUT2D eigenvalue weighted by Crippen LogP contribution is -2.41. The Morgan fingerprint density at radius 3 is 3.06 bits per heavy atom. The maximum Gasteiger partial charge on any atom is 0.133 e. The van der Waals surface area contributed by atoms with E-state index in [0.717, 1.165) is 37.6 Å². The monoisotopic (exact) mass is 237 g/mol. The summed E-state index contributed by atoms with van der Waals surface area (Å²) in [6.07, 6.45) is 1.21. The molecule has 1 saturated heterocycles. The average molecular weight is 237 g/mol. The number of hydrogen-bond donors (Lipinski definition) is 1. The number of hydrogen-bond acceptors (Lipinski definition) is 4. The normalized spacial score (nSPS) is 22.9. The molecule has 0 bridgehead atoms. The lowest BCUT2D eigenvalue weighted by molar-refractivity contribution is 0.232. The van der Waals surface area contributed by atoms with Crippen LogP contribution in [-0.2, 0) is 6.54 Å². The first-order valence-corrected chi connectivity index (χ1v) is 6.53. The fourth-order valence-corrected chi connectivity index (χ4v) is 2.34. The third kappa shape index (κ3) is 3.54. The van der Waals surface area contributed by atoms with Gasteiger partial charge >= 0.3 is 0 Å². The van der Waals surface area contributed by atoms with E-state index in [9.17, 15) is 0 Å². The molecule has 0 saturated carbocycles. The molecular weight excluding hydrogens is 214 g/mol. The largest absolute Gasteiger partial charge is 0.361 e. The van der Waals surface area contributed by atoms with Crippen molar-refractivity contribution in [2.75, 3.05) is 19.6 Å². The molecule has 1 aliphatic heterocycles. The Labute approximate surface area is 103 Å². The van der Waals surface area contributed by atoms with Crippen LogP contribution in [0.15, 0.2) is 10.6 Å². The van der Waals surface area contributed by atoms with Gasteiger partial charge in [-0.15, -0.1) is 0 Å². The van der Waals surface area contributed by atoms with Crippen molar-refractivity contribution in [2.45, 2.75) is 39.8 Å². The average Bonchev–Trinajstić information content (AvgIpc) is 2.54. The third-order valence-corrected chi connectivity index (χ3v) is 3.38. The zero-order valence-electron chi connectivity index (χ0n) is 11.1. The van der Waals surface area contributed by atoms with Gasteiger partial charge in [-0.1, -0.05) is 19.0 Å². The zero-order valence-corrected chi connectivity index (χ0v) is 11.1. The lowest BCUT2D eigenvalue weighted by Gasteiger charge is -2.25. The van der Waals surface area contributed by atoms with Crippen LogP contribution in [0, 0.1) is 12.8 Å². The molecule has 1 atom stereocenters. The van der Waals surface area contributed by atoms with Crippen molar-refractivity contribution < 1.29 is 4.52 Å². The summed E-state index contributed by atoms with van der Waals surface area (Å²) in [5.41, 5.74) is 1.05. The van der Waals surface area contributed by atoms with Gasteiger partial charge in [-0.25, -0.2) is 0 Å². The molecule has 1 N–H and O–H groups in total. The van der Waals surface area contributed by atoms with Crippen molar-refractivity contribution in [3.8, 4) is 0 Å². The minimum atomic E-state index is 0.588. The predicted molar refractivity (Wildman–Crippen MR) is 67.8 cm³/mol. The van der Waals surface area contributed by atoms with Gasteiger partial charge in [-0.3, -0.25) is 4.90 Å². The Hall–Kier alpha value is -0.870. The number of aromatic nitrogens is 1. The Bertz CT molecular complexity index is 348. The van der Waals surface area contributed by atoms with Gasteiger partial charge in [0.25, 0.3) is 0 Å². The standard InChI is InChI=1S/C13H23N3O/c1-10(2)13-9-16(6-4-5-14-13)8-12-7-11(3)17-15-12/h7,10,13-14H,4-6,8-9H2,1-3H3. The van der Waals surface area contributed by atoms with Crippen molar-refractivity contribution in [1.29, 1.82) is 0 Å². The van der Waals surface area contributed by atoms with Crippen molar-refractivity contribution in [3.63, 3.8) is 0 Å². The van der Waals surface area contributed by atoms with Gasteiger partial charge in [0.05, 0.1) is 5.69 Å². The van der Waals surface area contributed by atoms with E-state index in [1.54, 1.807) is 0 Å². The second kappa shape index (κ2) is 5.65. The van der Waals surface area contributed by atoms with Crippen molar-refractivity contribution >= 4 is 0 Å². The molecule has 96 valence electrons. The molecular formula is C13H23N3O. The van der Waals surface area contributed by atoms with Gasteiger partial charge in [0.2, 0.25) is 0 Å². The summed E-state index contributed by atoms with van der Waals surface area (Å²) in [4.78, 5) is 2.47. The van der Waals surface area contributed by atoms with Gasteiger partial charge in [-0.05, 0) is 32.4 Å². The first kappa shape index (κ1) is 12.6. The first-order valence-electron chi connectivity index (χ1n) is 6.53. The molecule has 2 heterocycles. The first-order chi connectivity index (χ1) is 8.15. The quantitative estimate of drug-likeness (QED) is 0.870. The molecule has 0 amide bonds. The highest BCUT2D eigenvalue weighted by molar-refractivity contribution is 5.03. The van der Waals surface area contributed by atoms with E-state index in [1.165, 1.54) is 6.42 Å². The highest BCUT2D eigenvalue weighted by Gasteiger charge is 2.20. The molecule has 1 aromatic heterocycles. The van der Waals surface area contributed by atoms with E-state index in [1.807, 2.05) is 13.0 Å². The fraction of sp³-hybridized carbons (Fsp3) is 0.769. The van der Waals surface area contributed by atoms with E-state index in [4.69, 9.17) is 4.52 Å². The molecule has 4 nitrogen and oxygen atoms in total. The second-order valence-corrected chi connectivity index (χ2v) is 5.32. The summed E-state index contributed by atoms with van der Waals surface area (Å²) in [5.74, 6) is 1.57. The number of nitrogens with zero attached hydrogens (tertiary/aromatic N) is 2. The van der Waals surface area contributed by atoms with Crippen LogP contribution in [0.3, 0.4) is 0 Å². The second-order valence-electron chi connectivity index (χ2n) is 5.32. The maximum absolute atomic E-state index is 5.12. The summed E-state index contributed by atoms with van der Waals surface area (Å²) in [6.45, 7) is 10.8. The molecule has 0 radical (unpaired) electrons. The zero-order chi connectivity index (χ0) is 12.3. The molecule has 4 heteroatoms. The Kier molecular flexibility index (Phi) is 4.18. The Morgan fingerprint density at radius 2 is 2.41 bits per heavy atom. The maximum atomic E-state index is 5.12. The summed E-state index contributed by atoms with van der Waals surface area (Å²) < 4.78 is 5.12. The van der Waals surface area contributed by atoms with Gasteiger partial charge in [0.15, 0.2) is 0 Å². The predicted octanol–water partition coefficient (Wildman–Crippen LogP) is 1.80. The van der Waals surface area contributed by atoms with E-state index in [2.05, 4.69) is 29.2 Å². The molecule has 0 aliphatic carbocycles. The van der Waals surface area contributed by atoms with E-state index < -0.39 is 0 Å². The van der Waals surface area contributed by atoms with Gasteiger partial charge in [0, 0.05) is 25.2 Å². The highest BCUT2D eigenvalue weighted by Crippen LogP contribution is 2.12. The van der Waals surface area contributed by atoms with Gasteiger partial charge in [-0.2, -0.15) is 0 Å². The van der Waals surface area contributed by atoms with Crippen LogP contribution >= 0.6 is 0 Å². The van der Waals surface area contributed by atoms with Gasteiger partial charge in [0.1, 0.15) is 5.76 Å². The fourth-order valence-electron chi connectivity index (χ4n) is 2.34. The van der Waals surface area contributed by atoms with E-state index >= 15 is 0 Å². The molecule has 0 aromatic carbocycles. The summed E-state index contributed by atoms with van der Waals surface area (Å²) >= 11 is 0. The van der Waals surface area contributed by atoms with Crippen LogP contribution in [0.1, 0.15) is 31.7 Å². The molecule has 1 aromatic rings. The molecule has 1 fully saturated rings. The SMILES string of the molecule is Cc1cc(CN2CCCNC(C(C)C)C2)no1. The van der Waals surface area contributed by atoms with Crippen molar-refractivity contribution in [3.05, 3.63) is 17.5 Å². The van der Waals surface area contributed by atoms with Crippen LogP contribution in [0.25, 0.3) is 0 Å². The summed E-state index contributed by atoms with van der Waals surface area (Å²) in [7, 11) is 0. The van der Waals surface area contributed by atoms with Crippen molar-refractivity contribution in [2.24, 2.45) is 5.92 Å². The van der Waals surface area contributed by atoms with Crippen LogP contribution in [0.2, 0.25) is 0 Å². The number of aryl methyl sites for hydroxylation is 1. The van der Waals surface area contributed by atoms with Gasteiger partial charge < -0.3 is 9.84 Å². The Balaban J connectivity index is 1.94. The topological polar surface area (TPSA) is 41.3 Å².